The summed E-state index contributed by atoms with van der Waals surface area (Å²) >= 11 is 0. The lowest BCUT2D eigenvalue weighted by Gasteiger charge is -2.15. The maximum atomic E-state index is 13.5. The zero-order valence-electron chi connectivity index (χ0n) is 18.2. The Morgan fingerprint density at radius 2 is 1.61 bits per heavy atom. The van der Waals surface area contributed by atoms with E-state index in [1.54, 1.807) is 30.6 Å². The van der Waals surface area contributed by atoms with Crippen LogP contribution in [0.1, 0.15) is 37.3 Å². The number of carbonyl (C=O) groups excluding carboxylic acids is 1. The van der Waals surface area contributed by atoms with Crippen LogP contribution in [-0.2, 0) is 17.9 Å². The molecule has 0 unspecified atom stereocenters. The molecule has 1 amide bonds. The molecule has 0 aliphatic heterocycles. The first-order valence-corrected chi connectivity index (χ1v) is 11.2. The number of aromatic nitrogens is 4. The molecule has 4 aromatic rings. The summed E-state index contributed by atoms with van der Waals surface area (Å²) < 4.78 is 4.42. The average molecular weight is 444 g/mol. The summed E-state index contributed by atoms with van der Waals surface area (Å²) in [5, 5.41) is 2.76. The van der Waals surface area contributed by atoms with Gasteiger partial charge in [-0.3, -0.25) is 14.2 Å². The Hall–Kier alpha value is -3.94. The summed E-state index contributed by atoms with van der Waals surface area (Å²) in [4.78, 5) is 44.1. The Bertz CT molecular complexity index is 1400. The monoisotopic (exact) mass is 443 g/mol. The Morgan fingerprint density at radius 3 is 2.30 bits per heavy atom. The van der Waals surface area contributed by atoms with Crippen molar-refractivity contribution >= 4 is 22.8 Å². The first-order chi connectivity index (χ1) is 16.1. The first-order valence-electron chi connectivity index (χ1n) is 11.2. The van der Waals surface area contributed by atoms with Crippen LogP contribution in [0.5, 0.6) is 0 Å². The van der Waals surface area contributed by atoms with Gasteiger partial charge in [-0.25, -0.2) is 14.3 Å². The van der Waals surface area contributed by atoms with Crippen molar-refractivity contribution in [3.8, 4) is 0 Å². The Kier molecular flexibility index (Phi) is 5.64. The molecule has 33 heavy (non-hydrogen) atoms. The van der Waals surface area contributed by atoms with E-state index in [1.807, 2.05) is 41.0 Å². The fourth-order valence-electron chi connectivity index (χ4n) is 4.58. The normalized spacial score (nSPS) is 14.1. The molecule has 2 aromatic carbocycles. The Morgan fingerprint density at radius 1 is 0.939 bits per heavy atom. The smallest absolute Gasteiger partial charge is 0.325 e. The topological polar surface area (TPSA) is 90.9 Å². The summed E-state index contributed by atoms with van der Waals surface area (Å²) in [6.07, 6.45) is 5.80. The maximum absolute atomic E-state index is 13.5. The van der Waals surface area contributed by atoms with E-state index < -0.39 is 17.2 Å². The lowest BCUT2D eigenvalue weighted by Crippen LogP contribution is -2.43. The van der Waals surface area contributed by atoms with Crippen molar-refractivity contribution in [1.82, 2.24) is 18.7 Å². The zero-order valence-corrected chi connectivity index (χ0v) is 18.2. The van der Waals surface area contributed by atoms with Crippen molar-refractivity contribution in [1.29, 1.82) is 0 Å². The quantitative estimate of drug-likeness (QED) is 0.496. The summed E-state index contributed by atoms with van der Waals surface area (Å²) in [7, 11) is 0. The number of fused-ring (bicyclic) bond motifs is 1. The molecule has 1 saturated carbocycles. The van der Waals surface area contributed by atoms with Gasteiger partial charge in [0.25, 0.3) is 5.56 Å². The molecule has 2 heterocycles. The predicted octanol–water partition coefficient (Wildman–Crippen LogP) is 3.16. The van der Waals surface area contributed by atoms with E-state index in [4.69, 9.17) is 0 Å². The SMILES string of the molecule is O=C(Cn1c(=O)c2c(ncn2C2CCCC2)n(Cc2ccccc2)c1=O)Nc1ccccc1. The summed E-state index contributed by atoms with van der Waals surface area (Å²) in [6.45, 7) is -0.106. The van der Waals surface area contributed by atoms with Crippen LogP contribution in [-0.4, -0.2) is 24.6 Å². The predicted molar refractivity (Wildman–Crippen MR) is 126 cm³/mol. The van der Waals surface area contributed by atoms with E-state index in [1.165, 1.54) is 4.57 Å². The van der Waals surface area contributed by atoms with Crippen LogP contribution >= 0.6 is 0 Å². The largest absolute Gasteiger partial charge is 0.333 e. The van der Waals surface area contributed by atoms with E-state index in [-0.39, 0.29) is 19.1 Å². The number of para-hydroxylation sites is 1. The fourth-order valence-corrected chi connectivity index (χ4v) is 4.58. The molecule has 1 aliphatic rings. The van der Waals surface area contributed by atoms with E-state index in [0.29, 0.717) is 16.9 Å². The van der Waals surface area contributed by atoms with Crippen LogP contribution in [0.2, 0.25) is 0 Å². The minimum Gasteiger partial charge on any atom is -0.325 e. The Labute approximate surface area is 190 Å². The van der Waals surface area contributed by atoms with E-state index in [0.717, 1.165) is 35.8 Å². The molecular weight excluding hydrogens is 418 g/mol. The number of rotatable bonds is 6. The molecule has 1 aliphatic carbocycles. The van der Waals surface area contributed by atoms with Crippen LogP contribution in [0.25, 0.3) is 11.2 Å². The van der Waals surface area contributed by atoms with Gasteiger partial charge in [-0.15, -0.1) is 0 Å². The molecule has 5 rings (SSSR count). The number of imidazole rings is 1. The summed E-state index contributed by atoms with van der Waals surface area (Å²) in [6, 6.07) is 18.7. The maximum Gasteiger partial charge on any atom is 0.333 e. The van der Waals surface area contributed by atoms with Crippen molar-refractivity contribution in [2.45, 2.75) is 44.8 Å². The highest BCUT2D eigenvalue weighted by atomic mass is 16.2. The van der Waals surface area contributed by atoms with Crippen LogP contribution in [0.15, 0.2) is 76.6 Å². The fraction of sp³-hybridized carbons (Fsp3) is 0.280. The molecule has 0 spiro atoms. The number of amides is 1. The van der Waals surface area contributed by atoms with Gasteiger partial charge >= 0.3 is 5.69 Å². The molecule has 1 N–H and O–H groups in total. The standard InChI is InChI=1S/C25H25N5O3/c31-21(27-19-11-5-2-6-12-19)16-29-24(32)22-23(26-17-30(22)20-13-7-8-14-20)28(25(29)33)15-18-9-3-1-4-10-18/h1-6,9-12,17,20H,7-8,13-16H2,(H,27,31). The van der Waals surface area contributed by atoms with Gasteiger partial charge in [-0.05, 0) is 30.5 Å². The van der Waals surface area contributed by atoms with E-state index in [2.05, 4.69) is 10.3 Å². The highest BCUT2D eigenvalue weighted by Gasteiger charge is 2.24. The Balaban J connectivity index is 1.61. The van der Waals surface area contributed by atoms with Gasteiger partial charge in [-0.2, -0.15) is 0 Å². The van der Waals surface area contributed by atoms with Crippen molar-refractivity contribution in [3.63, 3.8) is 0 Å². The minimum absolute atomic E-state index is 0.178. The zero-order chi connectivity index (χ0) is 22.8. The van der Waals surface area contributed by atoms with Crippen LogP contribution in [0.3, 0.4) is 0 Å². The molecule has 8 nitrogen and oxygen atoms in total. The van der Waals surface area contributed by atoms with Crippen molar-refractivity contribution in [2.24, 2.45) is 0 Å². The number of nitrogens with zero attached hydrogens (tertiary/aromatic N) is 4. The molecule has 8 heteroatoms. The van der Waals surface area contributed by atoms with E-state index in [9.17, 15) is 14.4 Å². The number of carbonyl (C=O) groups is 1. The third kappa shape index (κ3) is 4.11. The second kappa shape index (κ2) is 8.90. The molecule has 0 saturated heterocycles. The lowest BCUT2D eigenvalue weighted by molar-refractivity contribution is -0.116. The third-order valence-corrected chi connectivity index (χ3v) is 6.20. The minimum atomic E-state index is -0.545. The molecule has 0 radical (unpaired) electrons. The number of nitrogens with one attached hydrogen (secondary N) is 1. The third-order valence-electron chi connectivity index (χ3n) is 6.20. The first kappa shape index (κ1) is 20.9. The lowest BCUT2D eigenvalue weighted by atomic mass is 10.2. The highest BCUT2D eigenvalue weighted by Crippen LogP contribution is 2.31. The second-order valence-corrected chi connectivity index (χ2v) is 8.42. The molecule has 0 atom stereocenters. The molecular formula is C25H25N5O3. The summed E-state index contributed by atoms with van der Waals surface area (Å²) in [5.74, 6) is -0.432. The van der Waals surface area contributed by atoms with Gasteiger partial charge < -0.3 is 9.88 Å². The van der Waals surface area contributed by atoms with Gasteiger partial charge in [0.1, 0.15) is 6.54 Å². The van der Waals surface area contributed by atoms with Crippen molar-refractivity contribution in [2.75, 3.05) is 5.32 Å². The van der Waals surface area contributed by atoms with Crippen molar-refractivity contribution < 1.29 is 4.79 Å². The number of hydrogen-bond acceptors (Lipinski definition) is 4. The second-order valence-electron chi connectivity index (χ2n) is 8.42. The summed E-state index contributed by atoms with van der Waals surface area (Å²) in [5.41, 5.74) is 1.24. The van der Waals surface area contributed by atoms with Gasteiger partial charge in [0.2, 0.25) is 5.91 Å². The van der Waals surface area contributed by atoms with Gasteiger partial charge in [0.05, 0.1) is 12.9 Å². The molecule has 168 valence electrons. The molecule has 1 fully saturated rings. The number of benzene rings is 2. The van der Waals surface area contributed by atoms with Gasteiger partial charge in [0.15, 0.2) is 11.2 Å². The van der Waals surface area contributed by atoms with Gasteiger partial charge in [-0.1, -0.05) is 61.4 Å². The highest BCUT2D eigenvalue weighted by molar-refractivity contribution is 5.90. The van der Waals surface area contributed by atoms with Crippen molar-refractivity contribution in [3.05, 3.63) is 93.4 Å². The van der Waals surface area contributed by atoms with E-state index >= 15 is 0 Å². The average Bonchev–Trinajstić information content (AvgIpc) is 3.51. The van der Waals surface area contributed by atoms with Gasteiger partial charge in [0, 0.05) is 11.7 Å². The van der Waals surface area contributed by atoms with Crippen LogP contribution < -0.4 is 16.6 Å². The van der Waals surface area contributed by atoms with Crippen LogP contribution in [0.4, 0.5) is 5.69 Å². The van der Waals surface area contributed by atoms with Crippen LogP contribution in [0, 0.1) is 0 Å². The number of anilines is 1. The molecule has 2 aromatic heterocycles. The molecule has 0 bridgehead atoms. The number of hydrogen-bond donors (Lipinski definition) is 1.